The average molecular weight is 223 g/mol. The summed E-state index contributed by atoms with van der Waals surface area (Å²) in [5.74, 6) is 1.23. The largest absolute Gasteiger partial charge is 0.497 e. The molecule has 1 rings (SSSR count). The molecule has 0 heterocycles. The van der Waals surface area contributed by atoms with E-state index in [0.717, 1.165) is 25.3 Å². The molecular formula is C13H21NO2. The molecule has 0 aliphatic rings. The van der Waals surface area contributed by atoms with E-state index in [1.54, 1.807) is 7.11 Å². The van der Waals surface area contributed by atoms with Gasteiger partial charge in [-0.3, -0.25) is 0 Å². The van der Waals surface area contributed by atoms with Crippen LogP contribution in [0.1, 0.15) is 12.5 Å². The van der Waals surface area contributed by atoms with Gasteiger partial charge in [0.1, 0.15) is 5.75 Å². The summed E-state index contributed by atoms with van der Waals surface area (Å²) in [5, 5.41) is 12.2. The second-order valence-corrected chi connectivity index (χ2v) is 4.09. The zero-order valence-electron chi connectivity index (χ0n) is 10.1. The highest BCUT2D eigenvalue weighted by atomic mass is 16.5. The maximum Gasteiger partial charge on any atom is 0.119 e. The normalized spacial score (nSPS) is 12.4. The van der Waals surface area contributed by atoms with Crippen LogP contribution in [0.2, 0.25) is 0 Å². The number of aliphatic hydroxyl groups is 1. The van der Waals surface area contributed by atoms with Crippen molar-refractivity contribution in [2.75, 3.05) is 26.8 Å². The topological polar surface area (TPSA) is 41.5 Å². The van der Waals surface area contributed by atoms with Crippen LogP contribution < -0.4 is 10.1 Å². The summed E-state index contributed by atoms with van der Waals surface area (Å²) in [6.07, 6.45) is 0.981. The zero-order valence-corrected chi connectivity index (χ0v) is 10.1. The summed E-state index contributed by atoms with van der Waals surface area (Å²) in [5.41, 5.74) is 1.27. The first-order valence-electron chi connectivity index (χ1n) is 5.70. The summed E-state index contributed by atoms with van der Waals surface area (Å²) in [4.78, 5) is 0. The lowest BCUT2D eigenvalue weighted by atomic mass is 10.1. The van der Waals surface area contributed by atoms with E-state index >= 15 is 0 Å². The molecule has 0 amide bonds. The van der Waals surface area contributed by atoms with Gasteiger partial charge in [-0.15, -0.1) is 0 Å². The second-order valence-electron chi connectivity index (χ2n) is 4.09. The van der Waals surface area contributed by atoms with Crippen molar-refractivity contribution in [3.05, 3.63) is 29.8 Å². The van der Waals surface area contributed by atoms with Crippen LogP contribution in [0.25, 0.3) is 0 Å². The molecule has 3 nitrogen and oxygen atoms in total. The molecule has 0 aromatic heterocycles. The number of ether oxygens (including phenoxy) is 1. The van der Waals surface area contributed by atoms with Gasteiger partial charge in [0.15, 0.2) is 0 Å². The van der Waals surface area contributed by atoms with Gasteiger partial charge in [-0.2, -0.15) is 0 Å². The van der Waals surface area contributed by atoms with Crippen molar-refractivity contribution in [3.63, 3.8) is 0 Å². The summed E-state index contributed by atoms with van der Waals surface area (Å²) in [7, 11) is 1.68. The maximum absolute atomic E-state index is 8.86. The fourth-order valence-electron chi connectivity index (χ4n) is 1.47. The van der Waals surface area contributed by atoms with E-state index in [4.69, 9.17) is 9.84 Å². The van der Waals surface area contributed by atoms with Crippen LogP contribution in [0.4, 0.5) is 0 Å². The molecule has 0 aliphatic heterocycles. The monoisotopic (exact) mass is 223 g/mol. The van der Waals surface area contributed by atoms with Crippen LogP contribution in [-0.4, -0.2) is 31.9 Å². The number of nitrogens with one attached hydrogen (secondary N) is 1. The molecule has 1 unspecified atom stereocenters. The van der Waals surface area contributed by atoms with Gasteiger partial charge >= 0.3 is 0 Å². The third kappa shape index (κ3) is 4.64. The van der Waals surface area contributed by atoms with Gasteiger partial charge < -0.3 is 15.2 Å². The molecule has 0 fully saturated rings. The Hall–Kier alpha value is -1.06. The van der Waals surface area contributed by atoms with E-state index in [2.05, 4.69) is 17.4 Å². The Balaban J connectivity index is 2.26. The van der Waals surface area contributed by atoms with Crippen molar-refractivity contribution in [1.29, 1.82) is 0 Å². The first-order valence-corrected chi connectivity index (χ1v) is 5.70. The molecule has 1 atom stereocenters. The molecule has 0 aliphatic carbocycles. The fraction of sp³-hybridized carbons (Fsp3) is 0.538. The van der Waals surface area contributed by atoms with Crippen LogP contribution in [0.5, 0.6) is 5.75 Å². The van der Waals surface area contributed by atoms with Crippen molar-refractivity contribution in [2.45, 2.75) is 13.3 Å². The predicted molar refractivity (Wildman–Crippen MR) is 65.8 cm³/mol. The van der Waals surface area contributed by atoms with Crippen molar-refractivity contribution >= 4 is 0 Å². The summed E-state index contributed by atoms with van der Waals surface area (Å²) >= 11 is 0. The minimum Gasteiger partial charge on any atom is -0.497 e. The minimum absolute atomic E-state index is 0.242. The first-order chi connectivity index (χ1) is 7.76. The molecule has 0 bridgehead atoms. The number of aliphatic hydroxyl groups excluding tert-OH is 1. The Bertz CT molecular complexity index is 302. The molecule has 0 saturated carbocycles. The quantitative estimate of drug-likeness (QED) is 0.688. The molecular weight excluding hydrogens is 202 g/mol. The second kappa shape index (κ2) is 7.25. The molecule has 0 saturated heterocycles. The highest BCUT2D eigenvalue weighted by molar-refractivity contribution is 5.28. The molecule has 3 heteroatoms. The van der Waals surface area contributed by atoms with E-state index < -0.39 is 0 Å². The van der Waals surface area contributed by atoms with Gasteiger partial charge in [-0.1, -0.05) is 19.1 Å². The standard InChI is InChI=1S/C13H21NO2/c1-11(10-15)9-14-7-6-12-4-3-5-13(8-12)16-2/h3-5,8,11,14-15H,6-7,9-10H2,1-2H3. The van der Waals surface area contributed by atoms with Crippen molar-refractivity contribution in [3.8, 4) is 5.75 Å². The smallest absolute Gasteiger partial charge is 0.119 e. The van der Waals surface area contributed by atoms with Crippen LogP contribution in [0, 0.1) is 5.92 Å². The van der Waals surface area contributed by atoms with Gasteiger partial charge in [0.2, 0.25) is 0 Å². The molecule has 0 radical (unpaired) electrons. The number of methoxy groups -OCH3 is 1. The Labute approximate surface area is 97.4 Å². The molecule has 90 valence electrons. The van der Waals surface area contributed by atoms with E-state index in [-0.39, 0.29) is 6.61 Å². The van der Waals surface area contributed by atoms with E-state index in [9.17, 15) is 0 Å². The Morgan fingerprint density at radius 2 is 2.25 bits per heavy atom. The van der Waals surface area contributed by atoms with Gasteiger partial charge in [0.05, 0.1) is 7.11 Å². The third-order valence-corrected chi connectivity index (χ3v) is 2.53. The Morgan fingerprint density at radius 3 is 2.94 bits per heavy atom. The average Bonchev–Trinajstić information content (AvgIpc) is 2.34. The highest BCUT2D eigenvalue weighted by Crippen LogP contribution is 2.12. The van der Waals surface area contributed by atoms with Crippen molar-refractivity contribution in [1.82, 2.24) is 5.32 Å². The zero-order chi connectivity index (χ0) is 11.8. The van der Waals surface area contributed by atoms with Crippen LogP contribution in [0.15, 0.2) is 24.3 Å². The highest BCUT2D eigenvalue weighted by Gasteiger charge is 1.99. The summed E-state index contributed by atoms with van der Waals surface area (Å²) in [6, 6.07) is 8.10. The van der Waals surface area contributed by atoms with E-state index in [0.29, 0.717) is 5.92 Å². The van der Waals surface area contributed by atoms with Crippen LogP contribution in [0.3, 0.4) is 0 Å². The van der Waals surface area contributed by atoms with Crippen molar-refractivity contribution < 1.29 is 9.84 Å². The van der Waals surface area contributed by atoms with Gasteiger partial charge in [-0.25, -0.2) is 0 Å². The Morgan fingerprint density at radius 1 is 1.44 bits per heavy atom. The number of rotatable bonds is 7. The maximum atomic E-state index is 8.86. The van der Waals surface area contributed by atoms with E-state index in [1.807, 2.05) is 19.1 Å². The van der Waals surface area contributed by atoms with Gasteiger partial charge in [0, 0.05) is 6.61 Å². The van der Waals surface area contributed by atoms with E-state index in [1.165, 1.54) is 5.56 Å². The summed E-state index contributed by atoms with van der Waals surface area (Å²) < 4.78 is 5.16. The SMILES string of the molecule is COc1cccc(CCNCC(C)CO)c1. The summed E-state index contributed by atoms with van der Waals surface area (Å²) in [6.45, 7) is 4.06. The number of hydrogen-bond donors (Lipinski definition) is 2. The lowest BCUT2D eigenvalue weighted by Crippen LogP contribution is -2.25. The van der Waals surface area contributed by atoms with Gasteiger partial charge in [0.25, 0.3) is 0 Å². The molecule has 1 aromatic carbocycles. The molecule has 1 aromatic rings. The third-order valence-electron chi connectivity index (χ3n) is 2.53. The number of benzene rings is 1. The van der Waals surface area contributed by atoms with Gasteiger partial charge in [-0.05, 0) is 43.1 Å². The molecule has 16 heavy (non-hydrogen) atoms. The predicted octanol–water partition coefficient (Wildman–Crippen LogP) is 1.46. The van der Waals surface area contributed by atoms with Crippen molar-refractivity contribution in [2.24, 2.45) is 5.92 Å². The number of hydrogen-bond acceptors (Lipinski definition) is 3. The first kappa shape index (κ1) is 13.0. The fourth-order valence-corrected chi connectivity index (χ4v) is 1.47. The lowest BCUT2D eigenvalue weighted by Gasteiger charge is -2.09. The molecule has 2 N–H and O–H groups in total. The van der Waals surface area contributed by atoms with Crippen LogP contribution >= 0.6 is 0 Å². The Kier molecular flexibility index (Phi) is 5.90. The minimum atomic E-state index is 0.242. The van der Waals surface area contributed by atoms with Crippen LogP contribution in [-0.2, 0) is 6.42 Å². The lowest BCUT2D eigenvalue weighted by molar-refractivity contribution is 0.234. The molecule has 0 spiro atoms.